The van der Waals surface area contributed by atoms with Gasteiger partial charge in [-0.15, -0.1) is 0 Å². The van der Waals surface area contributed by atoms with Crippen molar-refractivity contribution in [3.63, 3.8) is 0 Å². The Morgan fingerprint density at radius 2 is 2.16 bits per heavy atom. The van der Waals surface area contributed by atoms with Crippen LogP contribution in [0.15, 0.2) is 23.1 Å². The molecule has 1 saturated heterocycles. The van der Waals surface area contributed by atoms with Crippen LogP contribution in [0.1, 0.15) is 49.0 Å². The molecular weight excluding hydrogens is 396 g/mol. The molecule has 8 nitrogen and oxygen atoms in total. The number of aromatic nitrogens is 1. The van der Waals surface area contributed by atoms with Gasteiger partial charge in [-0.2, -0.15) is 5.26 Å². The van der Waals surface area contributed by atoms with Crippen molar-refractivity contribution in [3.8, 4) is 11.8 Å². The lowest BCUT2D eigenvalue weighted by atomic mass is 10.0. The van der Waals surface area contributed by atoms with Gasteiger partial charge >= 0.3 is 5.97 Å². The standard InChI is InChI=1S/C23H28N4O4/c1-14(25-10-3-9-24)15-8-11-26(12-15)19-7-6-17-20(22(19)31-2)27(16-4-5-16)13-18(21(17)28)23(29)30/h6-7,13-16,25H,3-5,8,10-12H2,1-2H3,(H,29,30)/t14-,15+/m0/s1. The third-order valence-corrected chi connectivity index (χ3v) is 6.48. The molecule has 2 aromatic rings. The Labute approximate surface area is 181 Å². The molecule has 0 spiro atoms. The van der Waals surface area contributed by atoms with Crippen molar-refractivity contribution in [3.05, 3.63) is 34.1 Å². The Balaban J connectivity index is 1.71. The molecule has 2 N–H and O–H groups in total. The summed E-state index contributed by atoms with van der Waals surface area (Å²) >= 11 is 0. The van der Waals surface area contributed by atoms with Crippen molar-refractivity contribution in [1.29, 1.82) is 5.26 Å². The lowest BCUT2D eigenvalue weighted by Crippen LogP contribution is -2.35. The van der Waals surface area contributed by atoms with Gasteiger partial charge in [0.05, 0.1) is 29.8 Å². The van der Waals surface area contributed by atoms with Gasteiger partial charge in [0.1, 0.15) is 5.56 Å². The van der Waals surface area contributed by atoms with E-state index < -0.39 is 11.4 Å². The number of methoxy groups -OCH3 is 1. The predicted octanol–water partition coefficient (Wildman–Crippen LogP) is 2.76. The molecule has 0 bridgehead atoms. The minimum Gasteiger partial charge on any atom is -0.492 e. The number of fused-ring (bicyclic) bond motifs is 1. The van der Waals surface area contributed by atoms with Crippen molar-refractivity contribution in [2.24, 2.45) is 5.92 Å². The lowest BCUT2D eigenvalue weighted by Gasteiger charge is -2.25. The Morgan fingerprint density at radius 1 is 1.39 bits per heavy atom. The number of benzene rings is 1. The van der Waals surface area contributed by atoms with Crippen LogP contribution in [-0.2, 0) is 0 Å². The Hall–Kier alpha value is -3.05. The molecule has 0 radical (unpaired) electrons. The van der Waals surface area contributed by atoms with E-state index in [1.807, 2.05) is 10.6 Å². The second-order valence-electron chi connectivity index (χ2n) is 8.48. The Bertz CT molecular complexity index is 1100. The number of carboxylic acid groups (broad SMARTS) is 1. The van der Waals surface area contributed by atoms with Gasteiger partial charge in [0.25, 0.3) is 0 Å². The van der Waals surface area contributed by atoms with Crippen LogP contribution in [0.3, 0.4) is 0 Å². The summed E-state index contributed by atoms with van der Waals surface area (Å²) in [5, 5.41) is 22.0. The number of nitrogens with one attached hydrogen (secondary N) is 1. The molecular formula is C23H28N4O4. The highest BCUT2D eigenvalue weighted by Gasteiger charge is 2.32. The van der Waals surface area contributed by atoms with Crippen molar-refractivity contribution in [2.45, 2.75) is 44.7 Å². The molecule has 1 saturated carbocycles. The molecule has 2 heterocycles. The van der Waals surface area contributed by atoms with E-state index in [2.05, 4.69) is 23.2 Å². The minimum atomic E-state index is -1.20. The molecule has 2 fully saturated rings. The zero-order chi connectivity index (χ0) is 22.1. The summed E-state index contributed by atoms with van der Waals surface area (Å²) in [6.07, 6.45) is 4.92. The molecule has 0 amide bonds. The fourth-order valence-electron chi connectivity index (χ4n) is 4.59. The summed E-state index contributed by atoms with van der Waals surface area (Å²) in [6.45, 7) is 4.57. The third kappa shape index (κ3) is 3.98. The first-order valence-electron chi connectivity index (χ1n) is 10.8. The van der Waals surface area contributed by atoms with Crippen LogP contribution >= 0.6 is 0 Å². The maximum atomic E-state index is 12.8. The number of hydrogen-bond acceptors (Lipinski definition) is 6. The van der Waals surface area contributed by atoms with E-state index in [0.29, 0.717) is 41.6 Å². The lowest BCUT2D eigenvalue weighted by molar-refractivity contribution is 0.0695. The molecule has 2 aliphatic rings. The fraction of sp³-hybridized carbons (Fsp3) is 0.522. The summed E-state index contributed by atoms with van der Waals surface area (Å²) in [5.74, 6) is -0.132. The highest BCUT2D eigenvalue weighted by atomic mass is 16.5. The van der Waals surface area contributed by atoms with E-state index >= 15 is 0 Å². The Kier molecular flexibility index (Phi) is 5.88. The molecule has 164 valence electrons. The SMILES string of the molecule is COc1c(N2CC[C@@H]([C@H](C)NCCC#N)C2)ccc2c(=O)c(C(=O)O)cn(C3CC3)c12. The molecule has 1 aliphatic carbocycles. The topological polar surface area (TPSA) is 108 Å². The van der Waals surface area contributed by atoms with Crippen LogP contribution in [0.5, 0.6) is 5.75 Å². The summed E-state index contributed by atoms with van der Waals surface area (Å²) in [5.41, 5.74) is 0.936. The van der Waals surface area contributed by atoms with E-state index in [1.54, 1.807) is 13.2 Å². The number of ether oxygens (including phenoxy) is 1. The van der Waals surface area contributed by atoms with Gasteiger partial charge in [-0.05, 0) is 44.2 Å². The van der Waals surface area contributed by atoms with Gasteiger partial charge in [0.15, 0.2) is 5.75 Å². The van der Waals surface area contributed by atoms with Crippen LogP contribution in [0, 0.1) is 17.2 Å². The van der Waals surface area contributed by atoms with Crippen molar-refractivity contribution in [2.75, 3.05) is 31.6 Å². The molecule has 2 atom stereocenters. The largest absolute Gasteiger partial charge is 0.492 e. The number of nitriles is 1. The van der Waals surface area contributed by atoms with E-state index in [9.17, 15) is 14.7 Å². The number of aromatic carboxylic acids is 1. The normalized spacial score (nSPS) is 19.4. The monoisotopic (exact) mass is 424 g/mol. The summed E-state index contributed by atoms with van der Waals surface area (Å²) < 4.78 is 7.74. The highest BCUT2D eigenvalue weighted by Crippen LogP contribution is 2.43. The molecule has 4 rings (SSSR count). The quantitative estimate of drug-likeness (QED) is 0.628. The van der Waals surface area contributed by atoms with Gasteiger partial charge < -0.3 is 24.6 Å². The van der Waals surface area contributed by atoms with E-state index in [1.165, 1.54) is 6.20 Å². The highest BCUT2D eigenvalue weighted by molar-refractivity contribution is 5.97. The smallest absolute Gasteiger partial charge is 0.341 e. The Morgan fingerprint density at radius 3 is 2.81 bits per heavy atom. The van der Waals surface area contributed by atoms with Gasteiger partial charge in [0.2, 0.25) is 5.43 Å². The van der Waals surface area contributed by atoms with E-state index in [4.69, 9.17) is 10.00 Å². The first kappa shape index (κ1) is 21.2. The van der Waals surface area contributed by atoms with Crippen LogP contribution in [-0.4, -0.2) is 48.4 Å². The second kappa shape index (κ2) is 8.60. The second-order valence-corrected chi connectivity index (χ2v) is 8.48. The summed E-state index contributed by atoms with van der Waals surface area (Å²) in [7, 11) is 1.60. The molecule has 1 aliphatic heterocycles. The predicted molar refractivity (Wildman–Crippen MR) is 118 cm³/mol. The first-order chi connectivity index (χ1) is 15.0. The van der Waals surface area contributed by atoms with Gasteiger partial charge in [0, 0.05) is 44.3 Å². The van der Waals surface area contributed by atoms with Gasteiger partial charge in [-0.25, -0.2) is 4.79 Å². The number of pyridine rings is 1. The van der Waals surface area contributed by atoms with Crippen molar-refractivity contribution in [1.82, 2.24) is 9.88 Å². The minimum absolute atomic E-state index is 0.195. The van der Waals surface area contributed by atoms with Crippen LogP contribution in [0.4, 0.5) is 5.69 Å². The number of anilines is 1. The van der Waals surface area contributed by atoms with E-state index in [0.717, 1.165) is 38.0 Å². The maximum absolute atomic E-state index is 12.8. The average molecular weight is 425 g/mol. The average Bonchev–Trinajstić information content (AvgIpc) is 3.48. The van der Waals surface area contributed by atoms with Crippen LogP contribution in [0.25, 0.3) is 10.9 Å². The maximum Gasteiger partial charge on any atom is 0.341 e. The number of carboxylic acids is 1. The van der Waals surface area contributed by atoms with Crippen molar-refractivity contribution < 1.29 is 14.6 Å². The number of hydrogen-bond donors (Lipinski definition) is 2. The fourth-order valence-corrected chi connectivity index (χ4v) is 4.59. The summed E-state index contributed by atoms with van der Waals surface area (Å²) in [6, 6.07) is 6.27. The van der Waals surface area contributed by atoms with Gasteiger partial charge in [-0.3, -0.25) is 4.79 Å². The molecule has 0 unspecified atom stereocenters. The van der Waals surface area contributed by atoms with Crippen LogP contribution in [0.2, 0.25) is 0 Å². The van der Waals surface area contributed by atoms with Gasteiger partial charge in [-0.1, -0.05) is 0 Å². The number of carbonyl (C=O) groups is 1. The summed E-state index contributed by atoms with van der Waals surface area (Å²) in [4.78, 5) is 26.7. The molecule has 1 aromatic heterocycles. The van der Waals surface area contributed by atoms with E-state index in [-0.39, 0.29) is 11.6 Å². The molecule has 8 heteroatoms. The zero-order valence-electron chi connectivity index (χ0n) is 17.9. The molecule has 1 aromatic carbocycles. The first-order valence-corrected chi connectivity index (χ1v) is 10.8. The third-order valence-electron chi connectivity index (χ3n) is 6.48. The molecule has 31 heavy (non-hydrogen) atoms. The number of rotatable bonds is 8. The van der Waals surface area contributed by atoms with Crippen molar-refractivity contribution >= 4 is 22.6 Å². The van der Waals surface area contributed by atoms with Crippen LogP contribution < -0.4 is 20.4 Å². The number of nitrogens with zero attached hydrogens (tertiary/aromatic N) is 3. The zero-order valence-corrected chi connectivity index (χ0v) is 17.9.